The van der Waals surface area contributed by atoms with Gasteiger partial charge < -0.3 is 16.0 Å². The van der Waals surface area contributed by atoms with Gasteiger partial charge in [-0.1, -0.05) is 24.3 Å². The van der Waals surface area contributed by atoms with E-state index in [1.165, 1.54) is 11.1 Å². The molecule has 5 rings (SSSR count). The first kappa shape index (κ1) is 21.2. The Bertz CT molecular complexity index is 1190. The summed E-state index contributed by atoms with van der Waals surface area (Å²) in [6.45, 7) is 2.13. The van der Waals surface area contributed by atoms with Crippen LogP contribution in [0.4, 0.5) is 16.3 Å². The summed E-state index contributed by atoms with van der Waals surface area (Å²) >= 11 is 0. The Morgan fingerprint density at radius 3 is 2.79 bits per heavy atom. The highest BCUT2D eigenvalue weighted by atomic mass is 16.2. The van der Waals surface area contributed by atoms with Gasteiger partial charge in [-0.05, 0) is 67.1 Å². The lowest BCUT2D eigenvalue weighted by molar-refractivity contribution is 0.211. The number of piperidine rings is 1. The van der Waals surface area contributed by atoms with Crippen LogP contribution in [0.5, 0.6) is 0 Å². The summed E-state index contributed by atoms with van der Waals surface area (Å²) in [5.41, 5.74) is 4.41. The molecule has 33 heavy (non-hydrogen) atoms. The second kappa shape index (κ2) is 9.47. The number of anilines is 2. The number of nitrogens with one attached hydrogen (secondary N) is 3. The molecule has 1 aliphatic carbocycles. The molecule has 0 unspecified atom stereocenters. The summed E-state index contributed by atoms with van der Waals surface area (Å²) in [6.07, 6.45) is 3.89. The smallest absolute Gasteiger partial charge is 0.319 e. The highest BCUT2D eigenvalue weighted by molar-refractivity contribution is 5.93. The first-order chi connectivity index (χ1) is 16.2. The first-order valence-electron chi connectivity index (χ1n) is 11.6. The molecule has 7 heteroatoms. The third-order valence-electron chi connectivity index (χ3n) is 6.62. The van der Waals surface area contributed by atoms with Crippen molar-refractivity contribution in [2.75, 3.05) is 30.3 Å². The molecule has 2 aromatic carbocycles. The summed E-state index contributed by atoms with van der Waals surface area (Å²) in [5.74, 6) is 0.866. The maximum Gasteiger partial charge on any atom is 0.319 e. The van der Waals surface area contributed by atoms with E-state index in [0.29, 0.717) is 12.6 Å². The van der Waals surface area contributed by atoms with Gasteiger partial charge in [0.25, 0.3) is 0 Å². The van der Waals surface area contributed by atoms with Gasteiger partial charge in [0.05, 0.1) is 24.2 Å². The molecule has 168 valence electrons. The minimum atomic E-state index is -0.195. The van der Waals surface area contributed by atoms with Crippen LogP contribution >= 0.6 is 0 Å². The molecule has 1 aromatic heterocycles. The molecule has 2 amide bonds. The number of rotatable bonds is 5. The molecule has 3 aromatic rings. The Kier molecular flexibility index (Phi) is 6.09. The number of likely N-dealkylation sites (tertiary alicyclic amines) is 1. The van der Waals surface area contributed by atoms with Crippen LogP contribution in [0, 0.1) is 11.3 Å². The Labute approximate surface area is 193 Å². The van der Waals surface area contributed by atoms with E-state index in [-0.39, 0.29) is 12.1 Å². The van der Waals surface area contributed by atoms with E-state index in [1.807, 2.05) is 30.3 Å². The number of urea groups is 1. The van der Waals surface area contributed by atoms with E-state index in [1.54, 1.807) is 0 Å². The molecule has 7 nitrogen and oxygen atoms in total. The molecular weight excluding hydrogens is 412 g/mol. The third kappa shape index (κ3) is 4.91. The van der Waals surface area contributed by atoms with Gasteiger partial charge in [0.1, 0.15) is 5.82 Å². The van der Waals surface area contributed by atoms with Crippen LogP contribution in [-0.4, -0.2) is 41.6 Å². The van der Waals surface area contributed by atoms with Gasteiger partial charge in [-0.25, -0.2) is 9.78 Å². The lowest BCUT2D eigenvalue weighted by Gasteiger charge is -2.30. The number of hydrogen-bond donors (Lipinski definition) is 3. The lowest BCUT2D eigenvalue weighted by Crippen LogP contribution is -2.46. The van der Waals surface area contributed by atoms with E-state index < -0.39 is 0 Å². The molecule has 1 fully saturated rings. The van der Waals surface area contributed by atoms with Gasteiger partial charge in [0, 0.05) is 30.2 Å². The zero-order chi connectivity index (χ0) is 22.6. The van der Waals surface area contributed by atoms with Crippen molar-refractivity contribution in [3.05, 3.63) is 65.7 Å². The van der Waals surface area contributed by atoms with Crippen molar-refractivity contribution in [1.29, 1.82) is 5.26 Å². The van der Waals surface area contributed by atoms with Crippen molar-refractivity contribution in [3.63, 3.8) is 0 Å². The van der Waals surface area contributed by atoms with Gasteiger partial charge in [0.15, 0.2) is 0 Å². The predicted molar refractivity (Wildman–Crippen MR) is 130 cm³/mol. The monoisotopic (exact) mass is 440 g/mol. The van der Waals surface area contributed by atoms with Crippen LogP contribution in [0.3, 0.4) is 0 Å². The number of pyridine rings is 1. The van der Waals surface area contributed by atoms with E-state index in [9.17, 15) is 4.79 Å². The molecule has 2 heterocycles. The second-order valence-corrected chi connectivity index (χ2v) is 8.85. The fourth-order valence-corrected chi connectivity index (χ4v) is 4.86. The minimum Gasteiger partial charge on any atom is -0.363 e. The van der Waals surface area contributed by atoms with Crippen molar-refractivity contribution < 1.29 is 4.79 Å². The molecule has 1 aliphatic heterocycles. The van der Waals surface area contributed by atoms with Crippen molar-refractivity contribution in [2.24, 2.45) is 0 Å². The molecule has 0 saturated carbocycles. The summed E-state index contributed by atoms with van der Waals surface area (Å²) in [5, 5.41) is 19.4. The van der Waals surface area contributed by atoms with Gasteiger partial charge in [-0.2, -0.15) is 5.26 Å². The highest BCUT2D eigenvalue weighted by Crippen LogP contribution is 2.33. The average molecular weight is 441 g/mol. The third-order valence-corrected chi connectivity index (χ3v) is 6.62. The Morgan fingerprint density at radius 2 is 1.94 bits per heavy atom. The van der Waals surface area contributed by atoms with Gasteiger partial charge in [-0.3, -0.25) is 4.90 Å². The van der Waals surface area contributed by atoms with Crippen LogP contribution in [0.15, 0.2) is 54.6 Å². The Morgan fingerprint density at radius 1 is 1.09 bits per heavy atom. The normalized spacial score (nSPS) is 18.5. The summed E-state index contributed by atoms with van der Waals surface area (Å²) < 4.78 is 0. The molecule has 0 bridgehead atoms. The maximum atomic E-state index is 12.5. The predicted octanol–water partition coefficient (Wildman–Crippen LogP) is 4.44. The summed E-state index contributed by atoms with van der Waals surface area (Å²) in [4.78, 5) is 19.4. The number of benzene rings is 2. The highest BCUT2D eigenvalue weighted by Gasteiger charge is 2.22. The molecule has 3 N–H and O–H groups in total. The van der Waals surface area contributed by atoms with E-state index in [0.717, 1.165) is 61.2 Å². The quantitative estimate of drug-likeness (QED) is 0.510. The molecule has 1 saturated heterocycles. The number of carbonyl (C=O) groups is 1. The van der Waals surface area contributed by atoms with Gasteiger partial charge in [-0.15, -0.1) is 0 Å². The minimum absolute atomic E-state index is 0.136. The SMILES string of the molecule is N#CCN1CCC(NC(=O)Nc2ccc3nc(N[C@@H]4CCc5ccccc54)ccc3c2)CC1. The van der Waals surface area contributed by atoms with Crippen LogP contribution in [-0.2, 0) is 6.42 Å². The van der Waals surface area contributed by atoms with Crippen LogP contribution < -0.4 is 16.0 Å². The Hall–Kier alpha value is -3.63. The van der Waals surface area contributed by atoms with Crippen LogP contribution in [0.25, 0.3) is 10.9 Å². The fraction of sp³-hybridized carbons (Fsp3) is 0.346. The second-order valence-electron chi connectivity index (χ2n) is 8.85. The van der Waals surface area contributed by atoms with Crippen molar-refractivity contribution in [3.8, 4) is 6.07 Å². The number of nitrogens with zero attached hydrogens (tertiary/aromatic N) is 3. The number of carbonyl (C=O) groups excluding carboxylic acids is 1. The summed E-state index contributed by atoms with van der Waals surface area (Å²) in [6, 6.07) is 20.8. The molecule has 2 aliphatic rings. The van der Waals surface area contributed by atoms with E-state index in [4.69, 9.17) is 10.2 Å². The number of fused-ring (bicyclic) bond motifs is 2. The molecule has 0 spiro atoms. The number of aromatic nitrogens is 1. The standard InChI is InChI=1S/C26H28N6O/c27-13-16-32-14-11-20(12-15-32)28-26(33)29-21-7-9-23-19(17-21)6-10-25(30-23)31-24-8-5-18-3-1-2-4-22(18)24/h1-4,6-7,9-10,17,20,24H,5,8,11-12,14-16H2,(H,30,31)(H2,28,29,33)/t24-/m1/s1. The molecular formula is C26H28N6O. The number of nitriles is 1. The van der Waals surface area contributed by atoms with Crippen LogP contribution in [0.2, 0.25) is 0 Å². The van der Waals surface area contributed by atoms with E-state index >= 15 is 0 Å². The average Bonchev–Trinajstić information content (AvgIpc) is 3.23. The largest absolute Gasteiger partial charge is 0.363 e. The topological polar surface area (TPSA) is 93.1 Å². The summed E-state index contributed by atoms with van der Waals surface area (Å²) in [7, 11) is 0. The van der Waals surface area contributed by atoms with Gasteiger partial charge >= 0.3 is 6.03 Å². The zero-order valence-electron chi connectivity index (χ0n) is 18.6. The van der Waals surface area contributed by atoms with E-state index in [2.05, 4.69) is 51.2 Å². The van der Waals surface area contributed by atoms with Crippen molar-refractivity contribution >= 4 is 28.4 Å². The van der Waals surface area contributed by atoms with Crippen molar-refractivity contribution in [1.82, 2.24) is 15.2 Å². The first-order valence-corrected chi connectivity index (χ1v) is 11.6. The van der Waals surface area contributed by atoms with Crippen molar-refractivity contribution in [2.45, 2.75) is 37.8 Å². The zero-order valence-corrected chi connectivity index (χ0v) is 18.6. The van der Waals surface area contributed by atoms with Gasteiger partial charge in [0.2, 0.25) is 0 Å². The van der Waals surface area contributed by atoms with Crippen LogP contribution in [0.1, 0.15) is 36.4 Å². The number of hydrogen-bond acceptors (Lipinski definition) is 5. The number of amides is 2. The maximum absolute atomic E-state index is 12.5. The molecule has 1 atom stereocenters. The molecule has 0 radical (unpaired) electrons. The Balaban J connectivity index is 1.19. The fourth-order valence-electron chi connectivity index (χ4n) is 4.86. The number of aryl methyl sites for hydroxylation is 1. The lowest BCUT2D eigenvalue weighted by atomic mass is 10.1.